The van der Waals surface area contributed by atoms with Crippen molar-refractivity contribution in [1.82, 2.24) is 15.3 Å². The smallest absolute Gasteiger partial charge is 0.115 e. The first-order chi connectivity index (χ1) is 7.43. The van der Waals surface area contributed by atoms with E-state index in [9.17, 15) is 0 Å². The molecule has 1 aromatic heterocycles. The van der Waals surface area contributed by atoms with Crippen LogP contribution in [-0.2, 0) is 0 Å². The van der Waals surface area contributed by atoms with E-state index in [-0.39, 0.29) is 0 Å². The summed E-state index contributed by atoms with van der Waals surface area (Å²) in [6, 6.07) is 0.531. The second-order valence-corrected chi connectivity index (χ2v) is 4.42. The molecule has 3 nitrogen and oxygen atoms in total. The van der Waals surface area contributed by atoms with Crippen molar-refractivity contribution in [3.63, 3.8) is 0 Å². The van der Waals surface area contributed by atoms with E-state index in [0.717, 1.165) is 12.5 Å². The third-order valence-electron chi connectivity index (χ3n) is 3.45. The van der Waals surface area contributed by atoms with E-state index in [1.54, 1.807) is 6.33 Å². The fraction of sp³-hybridized carbons (Fsp3) is 0.500. The molecule has 2 bridgehead atoms. The van der Waals surface area contributed by atoms with Crippen LogP contribution in [0.1, 0.15) is 24.8 Å². The molecule has 3 rings (SSSR count). The molecular formula is C12H15N3. The Morgan fingerprint density at radius 3 is 3.00 bits per heavy atom. The summed E-state index contributed by atoms with van der Waals surface area (Å²) in [5.41, 5.74) is 2.57. The predicted molar refractivity (Wildman–Crippen MR) is 59.1 cm³/mol. The first-order valence-electron chi connectivity index (χ1n) is 5.62. The zero-order valence-corrected chi connectivity index (χ0v) is 8.69. The molecule has 1 fully saturated rings. The number of nitrogens with zero attached hydrogens (tertiary/aromatic N) is 2. The molecule has 2 heterocycles. The maximum atomic E-state index is 4.09. The Labute approximate surface area is 89.6 Å². The van der Waals surface area contributed by atoms with Gasteiger partial charge in [0.15, 0.2) is 0 Å². The number of aromatic nitrogens is 2. The van der Waals surface area contributed by atoms with Crippen LogP contribution in [0.4, 0.5) is 0 Å². The van der Waals surface area contributed by atoms with E-state index < -0.39 is 0 Å². The summed E-state index contributed by atoms with van der Waals surface area (Å²) >= 11 is 0. The highest BCUT2D eigenvalue weighted by Gasteiger charge is 2.28. The van der Waals surface area contributed by atoms with Gasteiger partial charge in [-0.1, -0.05) is 6.08 Å². The molecule has 2 unspecified atom stereocenters. The van der Waals surface area contributed by atoms with Crippen molar-refractivity contribution < 1.29 is 0 Å². The fourth-order valence-corrected chi connectivity index (χ4v) is 2.65. The van der Waals surface area contributed by atoms with Crippen molar-refractivity contribution in [3.05, 3.63) is 30.4 Å². The van der Waals surface area contributed by atoms with Gasteiger partial charge in [0.25, 0.3) is 0 Å². The van der Waals surface area contributed by atoms with E-state index in [0.29, 0.717) is 6.04 Å². The number of hydrogen-bond acceptors (Lipinski definition) is 3. The van der Waals surface area contributed by atoms with Crippen LogP contribution < -0.4 is 5.32 Å². The Balaban J connectivity index is 1.93. The maximum Gasteiger partial charge on any atom is 0.115 e. The second kappa shape index (κ2) is 3.74. The minimum atomic E-state index is 0.531. The van der Waals surface area contributed by atoms with Crippen LogP contribution in [-0.4, -0.2) is 22.6 Å². The highest BCUT2D eigenvalue weighted by molar-refractivity contribution is 5.69. The van der Waals surface area contributed by atoms with Gasteiger partial charge in [-0.2, -0.15) is 0 Å². The Morgan fingerprint density at radius 1 is 1.27 bits per heavy atom. The van der Waals surface area contributed by atoms with Gasteiger partial charge in [0, 0.05) is 24.0 Å². The van der Waals surface area contributed by atoms with E-state index in [1.165, 1.54) is 30.4 Å². The number of rotatable bonds is 1. The molecule has 1 aromatic rings. The van der Waals surface area contributed by atoms with Gasteiger partial charge in [-0.25, -0.2) is 9.97 Å². The van der Waals surface area contributed by atoms with Crippen molar-refractivity contribution >= 4 is 5.57 Å². The van der Waals surface area contributed by atoms with Crippen LogP contribution in [0.25, 0.3) is 5.57 Å². The number of nitrogens with one attached hydrogen (secondary N) is 1. The lowest BCUT2D eigenvalue weighted by atomic mass is 9.79. The van der Waals surface area contributed by atoms with E-state index >= 15 is 0 Å². The minimum Gasteiger partial charge on any atom is -0.310 e. The van der Waals surface area contributed by atoms with Crippen LogP contribution in [0, 0.1) is 5.92 Å². The van der Waals surface area contributed by atoms with Gasteiger partial charge in [0.05, 0.1) is 0 Å². The highest BCUT2D eigenvalue weighted by Crippen LogP contribution is 2.33. The van der Waals surface area contributed by atoms with Crippen LogP contribution in [0.2, 0.25) is 0 Å². The lowest BCUT2D eigenvalue weighted by Crippen LogP contribution is -2.40. The monoisotopic (exact) mass is 201 g/mol. The number of allylic oxidation sites excluding steroid dienone is 1. The van der Waals surface area contributed by atoms with Crippen molar-refractivity contribution in [1.29, 1.82) is 0 Å². The third kappa shape index (κ3) is 1.67. The molecule has 2 aliphatic rings. The van der Waals surface area contributed by atoms with Gasteiger partial charge < -0.3 is 5.32 Å². The Morgan fingerprint density at radius 2 is 2.13 bits per heavy atom. The van der Waals surface area contributed by atoms with Crippen molar-refractivity contribution in [2.24, 2.45) is 5.92 Å². The fourth-order valence-electron chi connectivity index (χ4n) is 2.65. The molecule has 1 aliphatic carbocycles. The predicted octanol–water partition coefficient (Wildman–Crippen LogP) is 1.63. The van der Waals surface area contributed by atoms with Crippen molar-refractivity contribution in [3.8, 4) is 0 Å². The van der Waals surface area contributed by atoms with E-state index in [2.05, 4.69) is 21.4 Å². The SMILES string of the molecule is C1=C(c2cncnc2)C2CC(C1)CCN2. The highest BCUT2D eigenvalue weighted by atomic mass is 14.9. The summed E-state index contributed by atoms with van der Waals surface area (Å²) in [5, 5.41) is 3.58. The number of piperidine rings is 1. The van der Waals surface area contributed by atoms with Crippen molar-refractivity contribution in [2.45, 2.75) is 25.3 Å². The minimum absolute atomic E-state index is 0.531. The van der Waals surface area contributed by atoms with Gasteiger partial charge in [-0.15, -0.1) is 0 Å². The molecule has 1 aliphatic heterocycles. The molecule has 78 valence electrons. The molecule has 2 atom stereocenters. The third-order valence-corrected chi connectivity index (χ3v) is 3.45. The Kier molecular flexibility index (Phi) is 2.25. The van der Waals surface area contributed by atoms with Crippen LogP contribution in [0.5, 0.6) is 0 Å². The van der Waals surface area contributed by atoms with Gasteiger partial charge >= 0.3 is 0 Å². The molecular weight excluding hydrogens is 186 g/mol. The lowest BCUT2D eigenvalue weighted by Gasteiger charge is -2.35. The Bertz CT molecular complexity index is 372. The van der Waals surface area contributed by atoms with Gasteiger partial charge in [-0.05, 0) is 37.3 Å². The maximum absolute atomic E-state index is 4.09. The zero-order valence-electron chi connectivity index (χ0n) is 8.69. The lowest BCUT2D eigenvalue weighted by molar-refractivity contribution is 0.329. The first-order valence-corrected chi connectivity index (χ1v) is 5.62. The van der Waals surface area contributed by atoms with Crippen molar-refractivity contribution in [2.75, 3.05) is 6.54 Å². The van der Waals surface area contributed by atoms with Gasteiger partial charge in [0.2, 0.25) is 0 Å². The molecule has 1 N–H and O–H groups in total. The van der Waals surface area contributed by atoms with E-state index in [4.69, 9.17) is 0 Å². The standard InChI is InChI=1S/C12H15N3/c1-2-11(10-6-13-8-14-7-10)12-5-9(1)3-4-15-12/h2,6-9,12,15H,1,3-5H2. The first kappa shape index (κ1) is 9.04. The quantitative estimate of drug-likeness (QED) is 0.750. The molecule has 0 aromatic carbocycles. The summed E-state index contributed by atoms with van der Waals surface area (Å²) in [6.07, 6.45) is 11.6. The summed E-state index contributed by atoms with van der Waals surface area (Å²) in [7, 11) is 0. The molecule has 0 amide bonds. The van der Waals surface area contributed by atoms with Gasteiger partial charge in [0.1, 0.15) is 6.33 Å². The zero-order chi connectivity index (χ0) is 10.1. The topological polar surface area (TPSA) is 37.8 Å². The van der Waals surface area contributed by atoms with Gasteiger partial charge in [-0.3, -0.25) is 0 Å². The summed E-state index contributed by atoms with van der Waals surface area (Å²) in [6.45, 7) is 1.15. The summed E-state index contributed by atoms with van der Waals surface area (Å²) < 4.78 is 0. The average molecular weight is 201 g/mol. The summed E-state index contributed by atoms with van der Waals surface area (Å²) in [4.78, 5) is 8.17. The van der Waals surface area contributed by atoms with Crippen LogP contribution >= 0.6 is 0 Å². The normalized spacial score (nSPS) is 29.7. The number of hydrogen-bond donors (Lipinski definition) is 1. The van der Waals surface area contributed by atoms with Crippen LogP contribution in [0.3, 0.4) is 0 Å². The molecule has 1 saturated heterocycles. The molecule has 0 saturated carbocycles. The average Bonchev–Trinajstić information content (AvgIpc) is 2.31. The summed E-state index contributed by atoms with van der Waals surface area (Å²) in [5.74, 6) is 0.893. The Hall–Kier alpha value is -1.22. The largest absolute Gasteiger partial charge is 0.310 e. The second-order valence-electron chi connectivity index (χ2n) is 4.42. The molecule has 0 radical (unpaired) electrons. The van der Waals surface area contributed by atoms with Crippen LogP contribution in [0.15, 0.2) is 24.8 Å². The van der Waals surface area contributed by atoms with E-state index in [1.807, 2.05) is 12.4 Å². The molecule has 3 heteroatoms. The molecule has 15 heavy (non-hydrogen) atoms. The number of fused-ring (bicyclic) bond motifs is 2. The molecule has 0 spiro atoms.